The van der Waals surface area contributed by atoms with Crippen molar-refractivity contribution in [1.82, 2.24) is 10.2 Å². The van der Waals surface area contributed by atoms with Crippen LogP contribution in [0.25, 0.3) is 12.2 Å². The third-order valence-electron chi connectivity index (χ3n) is 5.02. The van der Waals surface area contributed by atoms with Crippen LogP contribution in [0.5, 0.6) is 23.1 Å². The lowest BCUT2D eigenvalue weighted by atomic mass is 10.1. The Bertz CT molecular complexity index is 1210. The van der Waals surface area contributed by atoms with Crippen molar-refractivity contribution < 1.29 is 18.9 Å². The molecule has 34 heavy (non-hydrogen) atoms. The van der Waals surface area contributed by atoms with Crippen LogP contribution in [0.15, 0.2) is 84.9 Å². The fourth-order valence-corrected chi connectivity index (χ4v) is 3.23. The first kappa shape index (κ1) is 22.9. The first-order valence-corrected chi connectivity index (χ1v) is 10.9. The van der Waals surface area contributed by atoms with Gasteiger partial charge in [-0.3, -0.25) is 0 Å². The van der Waals surface area contributed by atoms with Crippen LogP contribution in [0.4, 0.5) is 0 Å². The molecule has 0 N–H and O–H groups in total. The zero-order valence-corrected chi connectivity index (χ0v) is 19.2. The Hall–Kier alpha value is -4.32. The Balaban J connectivity index is 1.56. The van der Waals surface area contributed by atoms with Crippen molar-refractivity contribution in [3.63, 3.8) is 0 Å². The Morgan fingerprint density at radius 2 is 1.24 bits per heavy atom. The molecule has 0 saturated heterocycles. The predicted molar refractivity (Wildman–Crippen MR) is 132 cm³/mol. The van der Waals surface area contributed by atoms with Gasteiger partial charge in [-0.05, 0) is 34.9 Å². The molecule has 6 heteroatoms. The lowest BCUT2D eigenvalue weighted by Gasteiger charge is -2.12. The number of rotatable bonds is 10. The van der Waals surface area contributed by atoms with Gasteiger partial charge in [0.2, 0.25) is 0 Å². The van der Waals surface area contributed by atoms with E-state index in [2.05, 4.69) is 10.2 Å². The van der Waals surface area contributed by atoms with Crippen LogP contribution in [0, 0.1) is 0 Å². The van der Waals surface area contributed by atoms with E-state index in [1.165, 1.54) is 0 Å². The number of benzene rings is 3. The van der Waals surface area contributed by atoms with Crippen LogP contribution in [-0.4, -0.2) is 24.4 Å². The molecule has 0 amide bonds. The maximum Gasteiger partial charge on any atom is 0.276 e. The molecular weight excluding hydrogens is 428 g/mol. The van der Waals surface area contributed by atoms with E-state index < -0.39 is 0 Å². The second-order valence-electron chi connectivity index (χ2n) is 7.47. The lowest BCUT2D eigenvalue weighted by molar-refractivity contribution is 0.244. The molecule has 0 unspecified atom stereocenters. The molecule has 0 radical (unpaired) electrons. The minimum Gasteiger partial charge on any atom is -0.497 e. The van der Waals surface area contributed by atoms with E-state index in [0.29, 0.717) is 42.0 Å². The Morgan fingerprint density at radius 1 is 0.647 bits per heavy atom. The molecule has 172 valence electrons. The van der Waals surface area contributed by atoms with Crippen molar-refractivity contribution >= 4 is 12.2 Å². The SMILES string of the molecule is COc1cc(/C=C/c2cc(OCc3ccccc3)c(OCc3ccccc3)nn2)cc(OC)c1. The van der Waals surface area contributed by atoms with E-state index in [1.54, 1.807) is 14.2 Å². The third kappa shape index (κ3) is 6.36. The van der Waals surface area contributed by atoms with Gasteiger partial charge in [0.15, 0.2) is 5.75 Å². The molecular formula is C28H26N2O4. The van der Waals surface area contributed by atoms with Crippen molar-refractivity contribution in [1.29, 1.82) is 0 Å². The summed E-state index contributed by atoms with van der Waals surface area (Å²) in [6, 6.07) is 27.3. The standard InChI is InChI=1S/C28H26N2O4/c1-31-25-15-23(16-26(18-25)32-2)13-14-24-17-27(33-19-21-9-5-3-6-10-21)28(30-29-24)34-20-22-11-7-4-8-12-22/h3-18H,19-20H2,1-2H3/b14-13+. The lowest BCUT2D eigenvalue weighted by Crippen LogP contribution is -2.04. The van der Waals surface area contributed by atoms with Gasteiger partial charge in [-0.25, -0.2) is 0 Å². The molecule has 0 saturated carbocycles. The molecule has 4 rings (SSSR count). The van der Waals surface area contributed by atoms with Crippen LogP contribution < -0.4 is 18.9 Å². The van der Waals surface area contributed by atoms with Gasteiger partial charge in [0, 0.05) is 12.1 Å². The summed E-state index contributed by atoms with van der Waals surface area (Å²) < 4.78 is 22.7. The molecule has 0 atom stereocenters. The first-order valence-electron chi connectivity index (χ1n) is 10.9. The average molecular weight is 455 g/mol. The predicted octanol–water partition coefficient (Wildman–Crippen LogP) is 5.82. The molecule has 0 bridgehead atoms. The summed E-state index contributed by atoms with van der Waals surface area (Å²) in [6.07, 6.45) is 3.78. The second kappa shape index (κ2) is 11.5. The number of methoxy groups -OCH3 is 2. The molecule has 1 heterocycles. The Labute approximate surface area is 199 Å². The average Bonchev–Trinajstić information content (AvgIpc) is 2.91. The van der Waals surface area contributed by atoms with Gasteiger partial charge in [-0.1, -0.05) is 66.7 Å². The topological polar surface area (TPSA) is 62.7 Å². The van der Waals surface area contributed by atoms with E-state index in [-0.39, 0.29) is 0 Å². The number of hydrogen-bond acceptors (Lipinski definition) is 6. The van der Waals surface area contributed by atoms with E-state index >= 15 is 0 Å². The second-order valence-corrected chi connectivity index (χ2v) is 7.47. The van der Waals surface area contributed by atoms with Crippen molar-refractivity contribution in [2.75, 3.05) is 14.2 Å². The summed E-state index contributed by atoms with van der Waals surface area (Å²) in [5.41, 5.74) is 3.63. The van der Waals surface area contributed by atoms with Crippen LogP contribution in [0.1, 0.15) is 22.4 Å². The maximum absolute atomic E-state index is 6.08. The molecule has 3 aromatic carbocycles. The smallest absolute Gasteiger partial charge is 0.276 e. The zero-order chi connectivity index (χ0) is 23.6. The molecule has 4 aromatic rings. The van der Waals surface area contributed by atoms with Crippen molar-refractivity contribution in [3.8, 4) is 23.1 Å². The monoisotopic (exact) mass is 454 g/mol. The van der Waals surface area contributed by atoms with Gasteiger partial charge in [0.25, 0.3) is 5.88 Å². The summed E-state index contributed by atoms with van der Waals surface area (Å²) in [5.74, 6) is 2.29. The van der Waals surface area contributed by atoms with Crippen molar-refractivity contribution in [2.24, 2.45) is 0 Å². The number of hydrogen-bond donors (Lipinski definition) is 0. The highest BCUT2D eigenvalue weighted by atomic mass is 16.5. The molecule has 0 aliphatic carbocycles. The third-order valence-corrected chi connectivity index (χ3v) is 5.02. The first-order chi connectivity index (χ1) is 16.7. The van der Waals surface area contributed by atoms with Crippen LogP contribution in [0.2, 0.25) is 0 Å². The largest absolute Gasteiger partial charge is 0.497 e. The molecule has 0 aliphatic rings. The van der Waals surface area contributed by atoms with Crippen molar-refractivity contribution in [3.05, 3.63) is 107 Å². The summed E-state index contributed by atoms with van der Waals surface area (Å²) in [5, 5.41) is 8.59. The van der Waals surface area contributed by atoms with Crippen LogP contribution >= 0.6 is 0 Å². The number of nitrogens with zero attached hydrogens (tertiary/aromatic N) is 2. The van der Waals surface area contributed by atoms with E-state index in [1.807, 2.05) is 97.1 Å². The van der Waals surface area contributed by atoms with E-state index in [0.717, 1.165) is 16.7 Å². The minimum absolute atomic E-state index is 0.347. The molecule has 1 aromatic heterocycles. The van der Waals surface area contributed by atoms with Gasteiger partial charge >= 0.3 is 0 Å². The highest BCUT2D eigenvalue weighted by molar-refractivity contribution is 5.70. The van der Waals surface area contributed by atoms with Gasteiger partial charge < -0.3 is 18.9 Å². The maximum atomic E-state index is 6.08. The minimum atomic E-state index is 0.347. The van der Waals surface area contributed by atoms with Crippen LogP contribution in [-0.2, 0) is 13.2 Å². The van der Waals surface area contributed by atoms with Crippen molar-refractivity contribution in [2.45, 2.75) is 13.2 Å². The highest BCUT2D eigenvalue weighted by Gasteiger charge is 2.11. The fourth-order valence-electron chi connectivity index (χ4n) is 3.23. The number of aromatic nitrogens is 2. The van der Waals surface area contributed by atoms with E-state index in [9.17, 15) is 0 Å². The summed E-state index contributed by atoms with van der Waals surface area (Å²) >= 11 is 0. The van der Waals surface area contributed by atoms with Gasteiger partial charge in [-0.15, -0.1) is 10.2 Å². The zero-order valence-electron chi connectivity index (χ0n) is 19.2. The highest BCUT2D eigenvalue weighted by Crippen LogP contribution is 2.28. The molecule has 0 spiro atoms. The molecule has 6 nitrogen and oxygen atoms in total. The van der Waals surface area contributed by atoms with Gasteiger partial charge in [-0.2, -0.15) is 0 Å². The molecule has 0 aliphatic heterocycles. The number of ether oxygens (including phenoxy) is 4. The van der Waals surface area contributed by atoms with E-state index in [4.69, 9.17) is 18.9 Å². The summed E-state index contributed by atoms with van der Waals surface area (Å²) in [4.78, 5) is 0. The normalized spacial score (nSPS) is 10.8. The van der Waals surface area contributed by atoms with Gasteiger partial charge in [0.1, 0.15) is 24.7 Å². The summed E-state index contributed by atoms with van der Waals surface area (Å²) in [6.45, 7) is 0.764. The van der Waals surface area contributed by atoms with Gasteiger partial charge in [0.05, 0.1) is 19.9 Å². The fraction of sp³-hybridized carbons (Fsp3) is 0.143. The summed E-state index contributed by atoms with van der Waals surface area (Å²) in [7, 11) is 3.25. The van der Waals surface area contributed by atoms with Crippen LogP contribution in [0.3, 0.4) is 0 Å². The quantitative estimate of drug-likeness (QED) is 0.301. The Morgan fingerprint density at radius 3 is 1.82 bits per heavy atom. The Kier molecular flexibility index (Phi) is 7.74. The molecule has 0 fully saturated rings.